The molecule has 3 aromatic rings. The molecule has 0 aliphatic carbocycles. The molecule has 1 N–H and O–H groups in total. The number of anilines is 1. The molecule has 0 radical (unpaired) electrons. The Bertz CT molecular complexity index is 1100. The van der Waals surface area contributed by atoms with Gasteiger partial charge in [0.1, 0.15) is 17.4 Å². The molecule has 0 saturated heterocycles. The first-order valence-electron chi connectivity index (χ1n) is 8.88. The number of aromatic nitrogens is 3. The normalized spacial score (nSPS) is 13.0. The molecule has 0 amide bonds. The molecule has 1 aliphatic rings. The molecule has 4 rings (SSSR count). The van der Waals surface area contributed by atoms with E-state index in [4.69, 9.17) is 4.74 Å². The van der Waals surface area contributed by atoms with E-state index in [2.05, 4.69) is 15.3 Å². The van der Waals surface area contributed by atoms with E-state index in [9.17, 15) is 13.6 Å². The van der Waals surface area contributed by atoms with Crippen LogP contribution in [-0.4, -0.2) is 21.1 Å². The van der Waals surface area contributed by atoms with E-state index in [0.717, 1.165) is 24.6 Å². The summed E-state index contributed by atoms with van der Waals surface area (Å²) in [5.74, 6) is 0.115. The van der Waals surface area contributed by atoms with Gasteiger partial charge in [-0.15, -0.1) is 0 Å². The zero-order chi connectivity index (χ0) is 19.7. The molecule has 0 fully saturated rings. The van der Waals surface area contributed by atoms with E-state index >= 15 is 0 Å². The number of nitrogens with zero attached hydrogens (tertiary/aromatic N) is 3. The first-order chi connectivity index (χ1) is 13.5. The smallest absolute Gasteiger partial charge is 0.262 e. The van der Waals surface area contributed by atoms with Crippen LogP contribution in [0.25, 0.3) is 11.1 Å². The van der Waals surface area contributed by atoms with E-state index < -0.39 is 5.82 Å². The Kier molecular flexibility index (Phi) is 4.77. The number of rotatable bonds is 4. The van der Waals surface area contributed by atoms with Crippen LogP contribution in [-0.2, 0) is 20.0 Å². The second-order valence-electron chi connectivity index (χ2n) is 6.56. The third kappa shape index (κ3) is 3.33. The average Bonchev–Trinajstić information content (AvgIpc) is 2.70. The van der Waals surface area contributed by atoms with Crippen LogP contribution in [0.3, 0.4) is 0 Å². The van der Waals surface area contributed by atoms with E-state index in [1.54, 1.807) is 13.1 Å². The minimum atomic E-state index is -0.534. The number of fused-ring (bicyclic) bond motifs is 1. The first-order valence-corrected chi connectivity index (χ1v) is 8.88. The number of benzene rings is 1. The van der Waals surface area contributed by atoms with Crippen LogP contribution >= 0.6 is 0 Å². The van der Waals surface area contributed by atoms with Gasteiger partial charge in [0.2, 0.25) is 5.95 Å². The molecule has 0 unspecified atom stereocenters. The van der Waals surface area contributed by atoms with Crippen LogP contribution in [0.5, 0.6) is 5.75 Å². The predicted octanol–water partition coefficient (Wildman–Crippen LogP) is 3.06. The van der Waals surface area contributed by atoms with Crippen LogP contribution in [0, 0.1) is 11.6 Å². The molecule has 1 aromatic carbocycles. The Morgan fingerprint density at radius 2 is 2.11 bits per heavy atom. The number of pyridine rings is 1. The third-order valence-corrected chi connectivity index (χ3v) is 4.77. The van der Waals surface area contributed by atoms with Gasteiger partial charge in [-0.3, -0.25) is 14.3 Å². The van der Waals surface area contributed by atoms with Crippen molar-refractivity contribution >= 4 is 5.95 Å². The van der Waals surface area contributed by atoms with Crippen molar-refractivity contribution in [3.05, 3.63) is 69.9 Å². The fourth-order valence-corrected chi connectivity index (χ4v) is 3.31. The van der Waals surface area contributed by atoms with Gasteiger partial charge in [0.25, 0.3) is 5.56 Å². The number of nitrogens with one attached hydrogen (secondary N) is 1. The van der Waals surface area contributed by atoms with Crippen molar-refractivity contribution in [2.75, 3.05) is 11.9 Å². The molecule has 6 nitrogen and oxygen atoms in total. The van der Waals surface area contributed by atoms with Crippen LogP contribution in [0.2, 0.25) is 0 Å². The lowest BCUT2D eigenvalue weighted by Crippen LogP contribution is -2.24. The Morgan fingerprint density at radius 1 is 1.25 bits per heavy atom. The maximum absolute atomic E-state index is 14.4. The van der Waals surface area contributed by atoms with Crippen molar-refractivity contribution in [1.82, 2.24) is 14.5 Å². The fourth-order valence-electron chi connectivity index (χ4n) is 3.31. The molecule has 0 spiro atoms. The monoisotopic (exact) mass is 384 g/mol. The van der Waals surface area contributed by atoms with Gasteiger partial charge in [0.05, 0.1) is 18.4 Å². The zero-order valence-corrected chi connectivity index (χ0v) is 15.2. The Labute approximate surface area is 159 Å². The topological polar surface area (TPSA) is 69.0 Å². The van der Waals surface area contributed by atoms with Gasteiger partial charge >= 0.3 is 0 Å². The van der Waals surface area contributed by atoms with Crippen LogP contribution in [0.4, 0.5) is 14.7 Å². The molecule has 0 atom stereocenters. The number of halogens is 2. The van der Waals surface area contributed by atoms with Crippen LogP contribution in [0.1, 0.15) is 17.5 Å². The van der Waals surface area contributed by atoms with Gasteiger partial charge in [0.15, 0.2) is 0 Å². The lowest BCUT2D eigenvalue weighted by Gasteiger charge is -2.21. The average molecular weight is 384 g/mol. The molecular weight excluding hydrogens is 366 g/mol. The summed E-state index contributed by atoms with van der Waals surface area (Å²) in [4.78, 5) is 20.7. The molecule has 0 bridgehead atoms. The molecule has 28 heavy (non-hydrogen) atoms. The van der Waals surface area contributed by atoms with E-state index in [1.807, 2.05) is 0 Å². The highest BCUT2D eigenvalue weighted by atomic mass is 19.1. The maximum atomic E-state index is 14.4. The lowest BCUT2D eigenvalue weighted by molar-refractivity contribution is 0.286. The fraction of sp³-hybridized carbons (Fsp3) is 0.250. The van der Waals surface area contributed by atoms with Crippen molar-refractivity contribution in [2.24, 2.45) is 7.05 Å². The number of hydrogen-bond donors (Lipinski definition) is 1. The minimum absolute atomic E-state index is 0.166. The second kappa shape index (κ2) is 7.38. The standard InChI is InChI=1S/C20H18F2N4O2/c1-26-19(27)15(12-7-13(21)9-23-8-12)10-24-20(26)25-11-16-14-3-2-6-28-18(14)5-4-17(16)22/h4-5,7-10H,2-3,6,11H2,1H3,(H,24,25). The van der Waals surface area contributed by atoms with Gasteiger partial charge in [-0.1, -0.05) is 0 Å². The number of ether oxygens (including phenoxy) is 1. The highest BCUT2D eigenvalue weighted by molar-refractivity contribution is 5.61. The molecule has 0 saturated carbocycles. The summed E-state index contributed by atoms with van der Waals surface area (Å²) in [6, 6.07) is 4.25. The van der Waals surface area contributed by atoms with Crippen LogP contribution in [0.15, 0.2) is 41.6 Å². The SMILES string of the molecule is Cn1c(NCc2c(F)ccc3c2CCCO3)ncc(-c2cncc(F)c2)c1=O. The largest absolute Gasteiger partial charge is 0.493 e. The van der Waals surface area contributed by atoms with E-state index in [1.165, 1.54) is 29.1 Å². The minimum Gasteiger partial charge on any atom is -0.493 e. The van der Waals surface area contributed by atoms with Gasteiger partial charge in [-0.25, -0.2) is 13.8 Å². The summed E-state index contributed by atoms with van der Waals surface area (Å²) in [5, 5.41) is 3.02. The second-order valence-corrected chi connectivity index (χ2v) is 6.56. The molecule has 1 aliphatic heterocycles. The Balaban J connectivity index is 1.62. The zero-order valence-electron chi connectivity index (χ0n) is 15.2. The number of hydrogen-bond acceptors (Lipinski definition) is 5. The highest BCUT2D eigenvalue weighted by Crippen LogP contribution is 2.30. The summed E-state index contributed by atoms with van der Waals surface area (Å²) in [6.07, 6.45) is 5.40. The predicted molar refractivity (Wildman–Crippen MR) is 100 cm³/mol. The van der Waals surface area contributed by atoms with Gasteiger partial charge in [0, 0.05) is 42.7 Å². The van der Waals surface area contributed by atoms with Crippen LogP contribution < -0.4 is 15.6 Å². The summed E-state index contributed by atoms with van der Waals surface area (Å²) in [7, 11) is 1.55. The Hall–Kier alpha value is -3.29. The molecule has 8 heteroatoms. The van der Waals surface area contributed by atoms with E-state index in [0.29, 0.717) is 23.5 Å². The van der Waals surface area contributed by atoms with Crippen molar-refractivity contribution < 1.29 is 13.5 Å². The van der Waals surface area contributed by atoms with Crippen molar-refractivity contribution in [2.45, 2.75) is 19.4 Å². The van der Waals surface area contributed by atoms with Crippen molar-refractivity contribution in [1.29, 1.82) is 0 Å². The molecule has 2 aromatic heterocycles. The summed E-state index contributed by atoms with van der Waals surface area (Å²) in [6.45, 7) is 0.789. The highest BCUT2D eigenvalue weighted by Gasteiger charge is 2.18. The summed E-state index contributed by atoms with van der Waals surface area (Å²) >= 11 is 0. The van der Waals surface area contributed by atoms with Gasteiger partial charge in [-0.05, 0) is 31.0 Å². The van der Waals surface area contributed by atoms with E-state index in [-0.39, 0.29) is 29.4 Å². The third-order valence-electron chi connectivity index (χ3n) is 4.77. The lowest BCUT2D eigenvalue weighted by atomic mass is 9.99. The maximum Gasteiger partial charge on any atom is 0.262 e. The Morgan fingerprint density at radius 3 is 2.93 bits per heavy atom. The molecular formula is C20H18F2N4O2. The van der Waals surface area contributed by atoms with Gasteiger partial charge in [-0.2, -0.15) is 0 Å². The molecule has 144 valence electrons. The van der Waals surface area contributed by atoms with Crippen molar-refractivity contribution in [3.63, 3.8) is 0 Å². The van der Waals surface area contributed by atoms with Gasteiger partial charge < -0.3 is 10.1 Å². The molecule has 3 heterocycles. The first kappa shape index (κ1) is 18.1. The summed E-state index contributed by atoms with van der Waals surface area (Å²) < 4.78 is 34.7. The summed E-state index contributed by atoms with van der Waals surface area (Å²) in [5.41, 5.74) is 1.57. The van der Waals surface area contributed by atoms with Crippen molar-refractivity contribution in [3.8, 4) is 16.9 Å². The quantitative estimate of drug-likeness (QED) is 0.749.